The molecule has 2 fully saturated rings. The molecule has 3 heterocycles. The zero-order chi connectivity index (χ0) is 31.7. The summed E-state index contributed by atoms with van der Waals surface area (Å²) in [7, 11) is 0. The fourth-order valence-corrected chi connectivity index (χ4v) is 8.35. The van der Waals surface area contributed by atoms with Crippen LogP contribution in [0.15, 0.2) is 16.3 Å². The van der Waals surface area contributed by atoms with E-state index in [-0.39, 0.29) is 52.0 Å². The summed E-state index contributed by atoms with van der Waals surface area (Å²) in [5.74, 6) is -0.164. The maximum Gasteiger partial charge on any atom is 0.251 e. The van der Waals surface area contributed by atoms with Gasteiger partial charge in [-0.1, -0.05) is 26.7 Å². The lowest BCUT2D eigenvalue weighted by molar-refractivity contribution is -0.138. The van der Waals surface area contributed by atoms with Gasteiger partial charge in [-0.25, -0.2) is 0 Å². The molecule has 0 radical (unpaired) electrons. The lowest BCUT2D eigenvalue weighted by Crippen LogP contribution is -2.63. The SMILES string of the molecule is CCCCN(C(=O)C1=C(C)N=C(C)C(C(=O)N(CCCC)C2CC(C)(C)NC(C)(C)C2)C1)C1CC(C)(C)NC(C)(C)C1. The topological polar surface area (TPSA) is 77.0 Å². The van der Waals surface area contributed by atoms with Gasteiger partial charge in [-0.15, -0.1) is 0 Å². The number of carbonyl (C=O) groups excluding carboxylic acids is 2. The standard InChI is InChI=1S/C35H63N5O2/c1-13-15-17-39(26-20-32(5,6)37-33(7,8)21-26)30(41)28-19-29(25(4)36-24(28)3)31(42)40(18-16-14-2)27-22-34(9,10)38-35(11,12)23-27/h26-28,37-38H,13-23H2,1-12H3. The predicted octanol–water partition coefficient (Wildman–Crippen LogP) is 6.62. The summed E-state index contributed by atoms with van der Waals surface area (Å²) in [4.78, 5) is 38.2. The highest BCUT2D eigenvalue weighted by Gasteiger charge is 2.45. The Balaban J connectivity index is 1.91. The van der Waals surface area contributed by atoms with Gasteiger partial charge in [0.15, 0.2) is 0 Å². The molecule has 0 bridgehead atoms. The molecule has 2 amide bonds. The first-order chi connectivity index (χ1) is 19.3. The van der Waals surface area contributed by atoms with Crippen molar-refractivity contribution in [3.05, 3.63) is 11.3 Å². The van der Waals surface area contributed by atoms with E-state index in [1.165, 1.54) is 0 Å². The van der Waals surface area contributed by atoms with Crippen LogP contribution in [0.2, 0.25) is 0 Å². The summed E-state index contributed by atoms with van der Waals surface area (Å²) >= 11 is 0. The third kappa shape index (κ3) is 8.68. The Morgan fingerprint density at radius 3 is 1.57 bits per heavy atom. The van der Waals surface area contributed by atoms with Crippen LogP contribution in [0.1, 0.15) is 141 Å². The normalized spacial score (nSPS) is 25.6. The smallest absolute Gasteiger partial charge is 0.251 e. The van der Waals surface area contributed by atoms with Crippen molar-refractivity contribution >= 4 is 17.5 Å². The monoisotopic (exact) mass is 585 g/mol. The molecule has 0 saturated carbocycles. The van der Waals surface area contributed by atoms with Crippen LogP contribution in [0, 0.1) is 5.92 Å². The summed E-state index contributed by atoms with van der Waals surface area (Å²) in [6, 6.07) is 0.312. The molecule has 7 nitrogen and oxygen atoms in total. The Bertz CT molecular complexity index is 1020. The molecule has 3 aliphatic rings. The minimum absolute atomic E-state index is 0.0549. The van der Waals surface area contributed by atoms with E-state index in [1.807, 2.05) is 13.8 Å². The third-order valence-electron chi connectivity index (χ3n) is 9.52. The number of carbonyl (C=O) groups is 2. The molecule has 3 aliphatic heterocycles. The van der Waals surface area contributed by atoms with E-state index in [1.54, 1.807) is 0 Å². The number of allylic oxidation sites excluding steroid dienone is 1. The molecule has 0 aliphatic carbocycles. The number of amides is 2. The average molecular weight is 586 g/mol. The van der Waals surface area contributed by atoms with Crippen molar-refractivity contribution in [2.75, 3.05) is 13.1 Å². The maximum atomic E-state index is 14.5. The molecule has 1 atom stereocenters. The van der Waals surface area contributed by atoms with Gasteiger partial charge in [0, 0.05) is 64.3 Å². The van der Waals surface area contributed by atoms with E-state index in [9.17, 15) is 9.59 Å². The largest absolute Gasteiger partial charge is 0.339 e. The number of unbranched alkanes of at least 4 members (excludes halogenated alkanes) is 2. The second-order valence-corrected chi connectivity index (χ2v) is 16.2. The minimum atomic E-state index is -0.389. The highest BCUT2D eigenvalue weighted by atomic mass is 16.2. The van der Waals surface area contributed by atoms with Crippen molar-refractivity contribution < 1.29 is 9.59 Å². The first kappa shape index (κ1) is 34.8. The number of piperidine rings is 2. The first-order valence-corrected chi connectivity index (χ1v) is 16.8. The molecular formula is C35H63N5O2. The van der Waals surface area contributed by atoms with Crippen molar-refractivity contribution in [1.29, 1.82) is 0 Å². The maximum absolute atomic E-state index is 14.5. The minimum Gasteiger partial charge on any atom is -0.339 e. The van der Waals surface area contributed by atoms with Gasteiger partial charge in [-0.3, -0.25) is 14.6 Å². The first-order valence-electron chi connectivity index (χ1n) is 16.8. The van der Waals surface area contributed by atoms with Gasteiger partial charge < -0.3 is 20.4 Å². The van der Waals surface area contributed by atoms with E-state index in [0.717, 1.165) is 81.4 Å². The molecule has 0 aromatic carbocycles. The van der Waals surface area contributed by atoms with Crippen LogP contribution in [-0.4, -0.2) is 74.7 Å². The molecule has 0 aromatic rings. The number of rotatable bonds is 10. The molecule has 42 heavy (non-hydrogen) atoms. The highest BCUT2D eigenvalue weighted by Crippen LogP contribution is 2.37. The van der Waals surface area contributed by atoms with E-state index in [2.05, 4.69) is 89.7 Å². The van der Waals surface area contributed by atoms with Crippen molar-refractivity contribution in [3.63, 3.8) is 0 Å². The van der Waals surface area contributed by atoms with Gasteiger partial charge in [0.25, 0.3) is 5.91 Å². The Labute approximate surface area is 257 Å². The van der Waals surface area contributed by atoms with Crippen LogP contribution < -0.4 is 10.6 Å². The highest BCUT2D eigenvalue weighted by molar-refractivity contribution is 6.07. The molecule has 7 heteroatoms. The van der Waals surface area contributed by atoms with E-state index in [0.29, 0.717) is 6.42 Å². The van der Waals surface area contributed by atoms with Crippen LogP contribution in [-0.2, 0) is 9.59 Å². The number of nitrogens with one attached hydrogen (secondary N) is 2. The van der Waals surface area contributed by atoms with Gasteiger partial charge in [-0.05, 0) is 114 Å². The van der Waals surface area contributed by atoms with Crippen molar-refractivity contribution in [3.8, 4) is 0 Å². The number of aliphatic imine (C=N–C) groups is 1. The van der Waals surface area contributed by atoms with Crippen molar-refractivity contribution in [2.45, 2.75) is 175 Å². The quantitative estimate of drug-likeness (QED) is 0.302. The second kappa shape index (κ2) is 13.1. The van der Waals surface area contributed by atoms with Crippen LogP contribution in [0.25, 0.3) is 0 Å². The zero-order valence-corrected chi connectivity index (χ0v) is 29.2. The molecule has 240 valence electrons. The summed E-state index contributed by atoms with van der Waals surface area (Å²) in [6.07, 6.45) is 8.13. The molecule has 2 N–H and O–H groups in total. The van der Waals surface area contributed by atoms with Crippen LogP contribution >= 0.6 is 0 Å². The van der Waals surface area contributed by atoms with Gasteiger partial charge in [-0.2, -0.15) is 0 Å². The number of hydrogen-bond acceptors (Lipinski definition) is 5. The van der Waals surface area contributed by atoms with E-state index < -0.39 is 0 Å². The van der Waals surface area contributed by atoms with Crippen LogP contribution in [0.3, 0.4) is 0 Å². The number of hydrogen-bond donors (Lipinski definition) is 2. The van der Waals surface area contributed by atoms with E-state index >= 15 is 0 Å². The third-order valence-corrected chi connectivity index (χ3v) is 9.52. The van der Waals surface area contributed by atoms with Crippen LogP contribution in [0.5, 0.6) is 0 Å². The predicted molar refractivity (Wildman–Crippen MR) is 176 cm³/mol. The second-order valence-electron chi connectivity index (χ2n) is 16.2. The average Bonchev–Trinajstić information content (AvgIpc) is 2.80. The molecule has 3 rings (SSSR count). The molecule has 0 spiro atoms. The Morgan fingerprint density at radius 2 is 1.14 bits per heavy atom. The van der Waals surface area contributed by atoms with Gasteiger partial charge in [0.2, 0.25) is 5.91 Å². The molecule has 0 aromatic heterocycles. The van der Waals surface area contributed by atoms with E-state index in [4.69, 9.17) is 4.99 Å². The summed E-state index contributed by atoms with van der Waals surface area (Å²) < 4.78 is 0. The van der Waals surface area contributed by atoms with Crippen molar-refractivity contribution in [2.24, 2.45) is 10.9 Å². The zero-order valence-electron chi connectivity index (χ0n) is 29.2. The van der Waals surface area contributed by atoms with Gasteiger partial charge >= 0.3 is 0 Å². The molecule has 1 unspecified atom stereocenters. The van der Waals surface area contributed by atoms with Gasteiger partial charge in [0.05, 0.1) is 5.92 Å². The van der Waals surface area contributed by atoms with Gasteiger partial charge in [0.1, 0.15) is 0 Å². The lowest BCUT2D eigenvalue weighted by Gasteiger charge is -2.50. The molecule has 2 saturated heterocycles. The fourth-order valence-electron chi connectivity index (χ4n) is 8.35. The van der Waals surface area contributed by atoms with Crippen molar-refractivity contribution in [1.82, 2.24) is 20.4 Å². The summed E-state index contributed by atoms with van der Waals surface area (Å²) in [5, 5.41) is 7.55. The fraction of sp³-hybridized carbons (Fsp3) is 0.857. The summed E-state index contributed by atoms with van der Waals surface area (Å²) in [6.45, 7) is 27.7. The number of nitrogens with zero attached hydrogens (tertiary/aromatic N) is 3. The summed E-state index contributed by atoms with van der Waals surface area (Å²) in [5.41, 5.74) is 2.12. The Kier molecular flexibility index (Phi) is 10.8. The van der Waals surface area contributed by atoms with Crippen LogP contribution in [0.4, 0.5) is 0 Å². The lowest BCUT2D eigenvalue weighted by atomic mass is 9.78. The molecular weight excluding hydrogens is 522 g/mol. The Morgan fingerprint density at radius 1 is 0.738 bits per heavy atom. The Hall–Kier alpha value is -1.73.